The minimum atomic E-state index is 0. The van der Waals surface area contributed by atoms with Crippen LogP contribution in [0.25, 0.3) is 0 Å². The third kappa shape index (κ3) is 4.74. The van der Waals surface area contributed by atoms with Crippen molar-refractivity contribution in [3.05, 3.63) is 5.38 Å². The second kappa shape index (κ2) is 6.67. The fourth-order valence-electron chi connectivity index (χ4n) is 1.29. The molecule has 1 saturated carbocycles. The van der Waals surface area contributed by atoms with E-state index in [1.807, 2.05) is 0 Å². The summed E-state index contributed by atoms with van der Waals surface area (Å²) in [7, 11) is 0. The largest absolute Gasteiger partial charge is 0.346 e. The summed E-state index contributed by atoms with van der Waals surface area (Å²) in [6.45, 7) is 0. The summed E-state index contributed by atoms with van der Waals surface area (Å²) in [4.78, 5) is 0. The van der Waals surface area contributed by atoms with Gasteiger partial charge >= 0.3 is 0 Å². The van der Waals surface area contributed by atoms with Gasteiger partial charge in [0.2, 0.25) is 0 Å². The number of hydrogen-bond donors (Lipinski definition) is 0. The molecule has 2 heteroatoms. The summed E-state index contributed by atoms with van der Waals surface area (Å²) < 4.78 is 0. The van der Waals surface area contributed by atoms with Gasteiger partial charge in [-0.15, -0.1) is 0 Å². The third-order valence-electron chi connectivity index (χ3n) is 1.90. The van der Waals surface area contributed by atoms with Crippen LogP contribution < -0.4 is 0 Å². The molecule has 10 heavy (non-hydrogen) atoms. The average Bonchev–Trinajstić information content (AvgIpc) is 1.79. The van der Waals surface area contributed by atoms with Gasteiger partial charge in [-0.3, -0.25) is 0 Å². The van der Waals surface area contributed by atoms with Crippen molar-refractivity contribution in [1.29, 1.82) is 0 Å². The van der Waals surface area contributed by atoms with Crippen LogP contribution in [0.3, 0.4) is 0 Å². The molecule has 1 rings (SSSR count). The standard InChI is InChI=1S/C8H14Cl.Mo/c9-8-6-4-2-1-3-5-7-8;/h1-7H2;/q-1;. The maximum atomic E-state index is 5.91. The van der Waals surface area contributed by atoms with Crippen LogP contribution in [0.15, 0.2) is 0 Å². The van der Waals surface area contributed by atoms with Gasteiger partial charge in [-0.2, -0.15) is 12.8 Å². The summed E-state index contributed by atoms with van der Waals surface area (Å²) in [5.74, 6) is 0. The van der Waals surface area contributed by atoms with E-state index in [1.54, 1.807) is 0 Å². The quantitative estimate of drug-likeness (QED) is 0.450. The number of hydrogen-bond acceptors (Lipinski definition) is 0. The molecule has 0 aliphatic heterocycles. The molecule has 0 amide bonds. The molecule has 1 aliphatic rings. The van der Waals surface area contributed by atoms with Crippen molar-refractivity contribution < 1.29 is 21.1 Å². The van der Waals surface area contributed by atoms with Crippen molar-refractivity contribution in [2.75, 3.05) is 0 Å². The average molecular weight is 242 g/mol. The Morgan fingerprint density at radius 1 is 0.800 bits per heavy atom. The molecule has 1 aliphatic carbocycles. The van der Waals surface area contributed by atoms with Crippen molar-refractivity contribution in [1.82, 2.24) is 0 Å². The molecule has 0 aromatic heterocycles. The molecule has 0 radical (unpaired) electrons. The van der Waals surface area contributed by atoms with Crippen LogP contribution in [0.5, 0.6) is 0 Å². The zero-order chi connectivity index (χ0) is 6.53. The second-order valence-corrected chi connectivity index (χ2v) is 3.32. The van der Waals surface area contributed by atoms with E-state index in [0.717, 1.165) is 0 Å². The number of halogens is 1. The molecule has 1 fully saturated rings. The molecule has 0 aromatic rings. The zero-order valence-electron chi connectivity index (χ0n) is 6.24. The molecule has 0 saturated heterocycles. The van der Waals surface area contributed by atoms with Gasteiger partial charge in [-0.05, 0) is 0 Å². The topological polar surface area (TPSA) is 0 Å². The van der Waals surface area contributed by atoms with E-state index in [0.29, 0.717) is 0 Å². The van der Waals surface area contributed by atoms with E-state index >= 15 is 0 Å². The molecule has 0 bridgehead atoms. The Hall–Kier alpha value is 0.978. The van der Waals surface area contributed by atoms with E-state index in [1.165, 1.54) is 50.3 Å². The Kier molecular flexibility index (Phi) is 7.33. The molecule has 0 nitrogen and oxygen atoms in total. The Balaban J connectivity index is 0.000000810. The van der Waals surface area contributed by atoms with Crippen molar-refractivity contribution in [3.8, 4) is 0 Å². The molecule has 0 aromatic carbocycles. The van der Waals surface area contributed by atoms with Gasteiger partial charge in [0.25, 0.3) is 0 Å². The van der Waals surface area contributed by atoms with Crippen LogP contribution in [-0.2, 0) is 21.1 Å². The van der Waals surface area contributed by atoms with Gasteiger partial charge in [-0.1, -0.05) is 32.1 Å². The Bertz CT molecular complexity index is 67.7. The van der Waals surface area contributed by atoms with Gasteiger partial charge in [-0.25, -0.2) is 5.38 Å². The van der Waals surface area contributed by atoms with Crippen molar-refractivity contribution in [2.24, 2.45) is 0 Å². The van der Waals surface area contributed by atoms with Crippen molar-refractivity contribution in [3.63, 3.8) is 0 Å². The summed E-state index contributed by atoms with van der Waals surface area (Å²) in [5.41, 5.74) is 0. The van der Waals surface area contributed by atoms with Crippen LogP contribution in [0, 0.1) is 5.38 Å². The van der Waals surface area contributed by atoms with Crippen LogP contribution >= 0.6 is 11.6 Å². The Labute approximate surface area is 83.0 Å². The van der Waals surface area contributed by atoms with E-state index < -0.39 is 0 Å². The minimum absolute atomic E-state index is 0. The van der Waals surface area contributed by atoms with Gasteiger partial charge in [0.1, 0.15) is 0 Å². The summed E-state index contributed by atoms with van der Waals surface area (Å²) >= 11 is 5.91. The molecule has 0 unspecified atom stereocenters. The molecular weight excluding hydrogens is 227 g/mol. The molecule has 0 N–H and O–H groups in total. The van der Waals surface area contributed by atoms with Crippen LogP contribution in [0.2, 0.25) is 0 Å². The molecule has 0 spiro atoms. The van der Waals surface area contributed by atoms with E-state index in [2.05, 4.69) is 0 Å². The SMILES string of the molecule is Cl[C-]1CCCCCCC1.[Mo]. The van der Waals surface area contributed by atoms with Gasteiger partial charge in [0.05, 0.1) is 0 Å². The summed E-state index contributed by atoms with van der Waals surface area (Å²) in [6, 6.07) is 0. The van der Waals surface area contributed by atoms with E-state index in [-0.39, 0.29) is 21.1 Å². The normalized spacial score (nSPS) is 22.5. The van der Waals surface area contributed by atoms with Crippen molar-refractivity contribution >= 4 is 11.6 Å². The maximum absolute atomic E-state index is 5.91. The van der Waals surface area contributed by atoms with Gasteiger partial charge in [0, 0.05) is 21.1 Å². The fourth-order valence-corrected chi connectivity index (χ4v) is 1.56. The van der Waals surface area contributed by atoms with Crippen LogP contribution in [0.4, 0.5) is 0 Å². The minimum Gasteiger partial charge on any atom is -0.346 e. The Morgan fingerprint density at radius 2 is 1.20 bits per heavy atom. The number of rotatable bonds is 0. The molecule has 0 heterocycles. The monoisotopic (exact) mass is 243 g/mol. The van der Waals surface area contributed by atoms with E-state index in [9.17, 15) is 0 Å². The predicted molar refractivity (Wildman–Crippen MR) is 41.4 cm³/mol. The van der Waals surface area contributed by atoms with Crippen molar-refractivity contribution in [2.45, 2.75) is 44.9 Å². The third-order valence-corrected chi connectivity index (χ3v) is 2.27. The first-order chi connectivity index (χ1) is 4.39. The van der Waals surface area contributed by atoms with E-state index in [4.69, 9.17) is 11.6 Å². The van der Waals surface area contributed by atoms with Gasteiger partial charge < -0.3 is 11.6 Å². The molecule has 60 valence electrons. The van der Waals surface area contributed by atoms with Crippen LogP contribution in [-0.4, -0.2) is 0 Å². The van der Waals surface area contributed by atoms with Crippen LogP contribution in [0.1, 0.15) is 44.9 Å². The second-order valence-electron chi connectivity index (χ2n) is 2.79. The van der Waals surface area contributed by atoms with Gasteiger partial charge in [0.15, 0.2) is 0 Å². The zero-order valence-corrected chi connectivity index (χ0v) is 9.00. The fraction of sp³-hybridized carbons (Fsp3) is 0.875. The first-order valence-corrected chi connectivity index (χ1v) is 4.27. The summed E-state index contributed by atoms with van der Waals surface area (Å²) in [5, 5.41) is 1.20. The first-order valence-electron chi connectivity index (χ1n) is 3.90. The maximum Gasteiger partial charge on any atom is 0 e. The summed E-state index contributed by atoms with van der Waals surface area (Å²) in [6.07, 6.45) is 9.16. The molecule has 0 atom stereocenters. The first kappa shape index (κ1) is 11.0. The Morgan fingerprint density at radius 3 is 1.70 bits per heavy atom. The predicted octanol–water partition coefficient (Wildman–Crippen LogP) is 3.50. The molecular formula is C8H14ClMo-. The smallest absolute Gasteiger partial charge is 0 e.